The number of aliphatic hydroxyl groups is 1. The molecule has 3 heterocycles. The van der Waals surface area contributed by atoms with E-state index in [4.69, 9.17) is 15.2 Å². The third-order valence-electron chi connectivity index (χ3n) is 7.82. The van der Waals surface area contributed by atoms with Crippen molar-refractivity contribution in [3.05, 3.63) is 93.7 Å². The van der Waals surface area contributed by atoms with Crippen LogP contribution in [0, 0.1) is 5.41 Å². The first-order valence-electron chi connectivity index (χ1n) is 13.3. The summed E-state index contributed by atoms with van der Waals surface area (Å²) in [6, 6.07) is 18.1. The molecule has 3 N–H and O–H groups in total. The third kappa shape index (κ3) is 5.38. The number of fused-ring (bicyclic) bond motifs is 2. The molecule has 38 heavy (non-hydrogen) atoms. The van der Waals surface area contributed by atoms with Crippen molar-refractivity contribution in [3.8, 4) is 11.5 Å². The number of piperidine rings is 1. The standard InChI is InChI=1S/C31H36BrN3O3/c1-30(2)21-35(17-13-31(30,36)22-7-9-23(32)10-8-22)16-4-6-25-26-5-3-15-34-28(26)20-38-29-12-11-24(19-27(25)29)37-18-14-33/h3,5-12,15,19,36H,4,13-14,16-18,20-21,33H2,1-2H3/b25-6+/t31-/m0/s1. The van der Waals surface area contributed by atoms with Gasteiger partial charge in [0.05, 0.1) is 11.3 Å². The minimum absolute atomic E-state index is 0.291. The lowest BCUT2D eigenvalue weighted by Gasteiger charge is -2.50. The van der Waals surface area contributed by atoms with Gasteiger partial charge in [-0.3, -0.25) is 4.98 Å². The fraction of sp³-hybridized carbons (Fsp3) is 0.387. The predicted molar refractivity (Wildman–Crippen MR) is 154 cm³/mol. The first kappa shape index (κ1) is 26.9. The molecule has 6 nitrogen and oxygen atoms in total. The quantitative estimate of drug-likeness (QED) is 0.385. The minimum Gasteiger partial charge on any atom is -0.492 e. The van der Waals surface area contributed by atoms with E-state index in [0.29, 0.717) is 26.2 Å². The molecule has 0 spiro atoms. The summed E-state index contributed by atoms with van der Waals surface area (Å²) in [5.41, 5.74) is 9.63. The van der Waals surface area contributed by atoms with Crippen LogP contribution >= 0.6 is 15.9 Å². The third-order valence-corrected chi connectivity index (χ3v) is 8.35. The molecular formula is C31H36BrN3O3. The number of pyridine rings is 1. The molecule has 0 radical (unpaired) electrons. The second kappa shape index (κ2) is 11.2. The molecule has 1 fully saturated rings. The monoisotopic (exact) mass is 577 g/mol. The highest BCUT2D eigenvalue weighted by molar-refractivity contribution is 9.10. The van der Waals surface area contributed by atoms with Crippen LogP contribution in [0.3, 0.4) is 0 Å². The maximum absolute atomic E-state index is 11.8. The van der Waals surface area contributed by atoms with Gasteiger partial charge in [0.2, 0.25) is 0 Å². The van der Waals surface area contributed by atoms with Crippen molar-refractivity contribution in [2.24, 2.45) is 11.1 Å². The minimum atomic E-state index is -0.856. The van der Waals surface area contributed by atoms with Gasteiger partial charge in [0.25, 0.3) is 0 Å². The number of hydrogen-bond donors (Lipinski definition) is 2. The number of rotatable bonds is 7. The Labute approximate surface area is 233 Å². The molecule has 0 aliphatic carbocycles. The average Bonchev–Trinajstić information content (AvgIpc) is 3.06. The normalized spacial score (nSPS) is 21.8. The molecule has 1 aromatic heterocycles. The summed E-state index contributed by atoms with van der Waals surface area (Å²) in [5, 5.41) is 11.8. The van der Waals surface area contributed by atoms with Crippen molar-refractivity contribution < 1.29 is 14.6 Å². The zero-order valence-electron chi connectivity index (χ0n) is 22.1. The van der Waals surface area contributed by atoms with Crippen LogP contribution in [0.5, 0.6) is 11.5 Å². The molecule has 0 amide bonds. The summed E-state index contributed by atoms with van der Waals surface area (Å²) in [4.78, 5) is 7.06. The van der Waals surface area contributed by atoms with Crippen LogP contribution in [-0.4, -0.2) is 47.8 Å². The Balaban J connectivity index is 1.36. The molecule has 2 aliphatic heterocycles. The molecule has 0 saturated carbocycles. The van der Waals surface area contributed by atoms with Crippen LogP contribution in [0.4, 0.5) is 0 Å². The molecule has 5 rings (SSSR count). The summed E-state index contributed by atoms with van der Waals surface area (Å²) in [5.74, 6) is 1.61. The van der Waals surface area contributed by atoms with Crippen LogP contribution in [-0.2, 0) is 12.2 Å². The van der Waals surface area contributed by atoms with E-state index >= 15 is 0 Å². The molecule has 200 valence electrons. The molecule has 2 aromatic carbocycles. The Morgan fingerprint density at radius 3 is 2.74 bits per heavy atom. The summed E-state index contributed by atoms with van der Waals surface area (Å²) in [6.07, 6.45) is 5.67. The number of ether oxygens (including phenoxy) is 2. The van der Waals surface area contributed by atoms with Crippen LogP contribution in [0.2, 0.25) is 0 Å². The smallest absolute Gasteiger partial charge is 0.131 e. The molecule has 1 atom stereocenters. The number of benzene rings is 2. The van der Waals surface area contributed by atoms with Gasteiger partial charge in [0.15, 0.2) is 0 Å². The number of likely N-dealkylation sites (tertiary alicyclic amines) is 1. The number of hydrogen-bond acceptors (Lipinski definition) is 6. The van der Waals surface area contributed by atoms with Crippen molar-refractivity contribution in [1.82, 2.24) is 9.88 Å². The van der Waals surface area contributed by atoms with E-state index in [2.05, 4.69) is 51.8 Å². The molecule has 3 aromatic rings. The van der Waals surface area contributed by atoms with Gasteiger partial charge in [-0.25, -0.2) is 0 Å². The van der Waals surface area contributed by atoms with E-state index in [9.17, 15) is 5.11 Å². The Morgan fingerprint density at radius 1 is 1.16 bits per heavy atom. The first-order valence-corrected chi connectivity index (χ1v) is 14.1. The van der Waals surface area contributed by atoms with Crippen molar-refractivity contribution in [2.45, 2.75) is 38.9 Å². The zero-order valence-corrected chi connectivity index (χ0v) is 23.7. The molecule has 0 bridgehead atoms. The van der Waals surface area contributed by atoms with Crippen LogP contribution < -0.4 is 15.2 Å². The van der Waals surface area contributed by atoms with Crippen LogP contribution in [0.1, 0.15) is 49.1 Å². The molecule has 7 heteroatoms. The Bertz CT molecular complexity index is 1310. The van der Waals surface area contributed by atoms with Crippen LogP contribution in [0.25, 0.3) is 5.57 Å². The summed E-state index contributed by atoms with van der Waals surface area (Å²) >= 11 is 3.51. The highest BCUT2D eigenvalue weighted by Gasteiger charge is 2.48. The summed E-state index contributed by atoms with van der Waals surface area (Å²) in [6.45, 7) is 8.26. The lowest BCUT2D eigenvalue weighted by molar-refractivity contribution is -0.125. The predicted octanol–water partition coefficient (Wildman–Crippen LogP) is 5.52. The number of nitrogens with two attached hydrogens (primary N) is 1. The average molecular weight is 579 g/mol. The maximum Gasteiger partial charge on any atom is 0.131 e. The van der Waals surface area contributed by atoms with Crippen LogP contribution in [0.15, 0.2) is 71.3 Å². The van der Waals surface area contributed by atoms with E-state index in [1.165, 1.54) is 0 Å². The molecule has 0 unspecified atom stereocenters. The van der Waals surface area contributed by atoms with E-state index < -0.39 is 5.60 Å². The number of aromatic nitrogens is 1. The van der Waals surface area contributed by atoms with Crippen molar-refractivity contribution >= 4 is 21.5 Å². The van der Waals surface area contributed by atoms with Crippen molar-refractivity contribution in [1.29, 1.82) is 0 Å². The Hall–Kier alpha value is -2.71. The zero-order chi connectivity index (χ0) is 26.8. The van der Waals surface area contributed by atoms with Gasteiger partial charge >= 0.3 is 0 Å². The van der Waals surface area contributed by atoms with Crippen molar-refractivity contribution in [2.75, 3.05) is 32.8 Å². The molecule has 1 saturated heterocycles. The number of halogens is 1. The van der Waals surface area contributed by atoms with Crippen molar-refractivity contribution in [3.63, 3.8) is 0 Å². The SMILES string of the molecule is CC1(C)CN(CC/C=C2/c3cc(OCCN)ccc3OCc3ncccc32)CC[C@]1(O)c1ccc(Br)cc1. The fourth-order valence-corrected chi connectivity index (χ4v) is 5.96. The maximum atomic E-state index is 11.8. The molecule has 2 aliphatic rings. The van der Waals surface area contributed by atoms with Gasteiger partial charge in [-0.2, -0.15) is 0 Å². The first-order chi connectivity index (χ1) is 18.3. The van der Waals surface area contributed by atoms with E-state index in [1.807, 2.05) is 54.7 Å². The van der Waals surface area contributed by atoms with E-state index in [1.54, 1.807) is 0 Å². The largest absolute Gasteiger partial charge is 0.492 e. The second-order valence-electron chi connectivity index (χ2n) is 10.8. The topological polar surface area (TPSA) is 80.8 Å². The fourth-order valence-electron chi connectivity index (χ4n) is 5.69. The summed E-state index contributed by atoms with van der Waals surface area (Å²) < 4.78 is 13.0. The highest BCUT2D eigenvalue weighted by atomic mass is 79.9. The van der Waals surface area contributed by atoms with Gasteiger partial charge in [-0.05, 0) is 60.4 Å². The highest BCUT2D eigenvalue weighted by Crippen LogP contribution is 2.46. The Kier molecular flexibility index (Phi) is 7.91. The van der Waals surface area contributed by atoms with E-state index in [0.717, 1.165) is 70.0 Å². The number of nitrogens with zero attached hydrogens (tertiary/aromatic N) is 2. The lowest BCUT2D eigenvalue weighted by atomic mass is 9.66. The second-order valence-corrected chi connectivity index (χ2v) is 11.7. The van der Waals surface area contributed by atoms with Gasteiger partial charge in [-0.1, -0.05) is 54.1 Å². The molecular weight excluding hydrogens is 542 g/mol. The van der Waals surface area contributed by atoms with Gasteiger partial charge in [-0.15, -0.1) is 0 Å². The van der Waals surface area contributed by atoms with Gasteiger partial charge in [0, 0.05) is 53.4 Å². The van der Waals surface area contributed by atoms with Gasteiger partial charge < -0.3 is 25.2 Å². The lowest BCUT2D eigenvalue weighted by Crippen LogP contribution is -2.55. The van der Waals surface area contributed by atoms with E-state index in [-0.39, 0.29) is 5.41 Å². The summed E-state index contributed by atoms with van der Waals surface area (Å²) in [7, 11) is 0. The van der Waals surface area contributed by atoms with Gasteiger partial charge in [0.1, 0.15) is 24.7 Å². The Morgan fingerprint density at radius 2 is 1.97 bits per heavy atom.